The Morgan fingerprint density at radius 2 is 2.06 bits per heavy atom. The molecule has 16 heavy (non-hydrogen) atoms. The van der Waals surface area contributed by atoms with Gasteiger partial charge in [0, 0.05) is 18.1 Å². The van der Waals surface area contributed by atoms with Crippen LogP contribution < -0.4 is 0 Å². The molecular weight excluding hydrogens is 206 g/mol. The number of nitrogens with zero attached hydrogens (tertiary/aromatic N) is 1. The fraction of sp³-hybridized carbons (Fsp3) is 0.417. The first-order valence-electron chi connectivity index (χ1n) is 5.18. The van der Waals surface area contributed by atoms with Gasteiger partial charge in [0.05, 0.1) is 4.92 Å². The lowest BCUT2D eigenvalue weighted by Crippen LogP contribution is -2.02. The summed E-state index contributed by atoms with van der Waals surface area (Å²) in [4.78, 5) is 21.4. The second-order valence-corrected chi connectivity index (χ2v) is 4.18. The minimum Gasteiger partial charge on any atom is -0.300 e. The van der Waals surface area contributed by atoms with Gasteiger partial charge in [-0.1, -0.05) is 26.0 Å². The highest BCUT2D eigenvalue weighted by Crippen LogP contribution is 2.25. The predicted octanol–water partition coefficient (Wildman–Crippen LogP) is 2.85. The maximum Gasteiger partial charge on any atom is 0.273 e. The molecular formula is C12H15NO3. The summed E-state index contributed by atoms with van der Waals surface area (Å²) >= 11 is 0. The van der Waals surface area contributed by atoms with Crippen molar-refractivity contribution < 1.29 is 9.72 Å². The largest absolute Gasteiger partial charge is 0.300 e. The maximum absolute atomic E-state index is 11.0. The highest BCUT2D eigenvalue weighted by Gasteiger charge is 2.16. The van der Waals surface area contributed by atoms with Gasteiger partial charge < -0.3 is 0 Å². The predicted molar refractivity (Wildman–Crippen MR) is 61.6 cm³/mol. The van der Waals surface area contributed by atoms with Gasteiger partial charge in [-0.25, -0.2) is 0 Å². The minimum absolute atomic E-state index is 0.0430. The number of hydrogen-bond acceptors (Lipinski definition) is 3. The van der Waals surface area contributed by atoms with Gasteiger partial charge in [-0.2, -0.15) is 0 Å². The number of hydrogen-bond donors (Lipinski definition) is 0. The van der Waals surface area contributed by atoms with E-state index in [0.717, 1.165) is 5.56 Å². The summed E-state index contributed by atoms with van der Waals surface area (Å²) in [7, 11) is 0. The van der Waals surface area contributed by atoms with Crippen LogP contribution in [0.4, 0.5) is 5.69 Å². The molecule has 0 unspecified atom stereocenters. The molecule has 0 bridgehead atoms. The molecule has 0 aliphatic carbocycles. The van der Waals surface area contributed by atoms with Gasteiger partial charge in [-0.15, -0.1) is 0 Å². The van der Waals surface area contributed by atoms with Crippen LogP contribution in [-0.4, -0.2) is 10.7 Å². The van der Waals surface area contributed by atoms with E-state index in [1.165, 1.54) is 6.92 Å². The lowest BCUT2D eigenvalue weighted by Gasteiger charge is -2.07. The Hall–Kier alpha value is -1.71. The molecule has 0 aliphatic heterocycles. The van der Waals surface area contributed by atoms with Crippen molar-refractivity contribution in [2.75, 3.05) is 0 Å². The third-order valence-electron chi connectivity index (χ3n) is 2.41. The first-order valence-corrected chi connectivity index (χ1v) is 5.18. The van der Waals surface area contributed by atoms with Gasteiger partial charge >= 0.3 is 0 Å². The average Bonchev–Trinajstić information content (AvgIpc) is 2.16. The van der Waals surface area contributed by atoms with E-state index in [1.54, 1.807) is 12.1 Å². The molecule has 0 saturated heterocycles. The summed E-state index contributed by atoms with van der Waals surface area (Å²) in [5.74, 6) is 0.172. The highest BCUT2D eigenvalue weighted by atomic mass is 16.6. The summed E-state index contributed by atoms with van der Waals surface area (Å²) in [5.41, 5.74) is 1.45. The molecule has 86 valence electrons. The van der Waals surface area contributed by atoms with Crippen molar-refractivity contribution in [3.05, 3.63) is 39.4 Å². The van der Waals surface area contributed by atoms with Gasteiger partial charge in [-0.05, 0) is 18.4 Å². The van der Waals surface area contributed by atoms with Gasteiger partial charge in [0.2, 0.25) is 0 Å². The zero-order valence-electron chi connectivity index (χ0n) is 9.69. The Labute approximate surface area is 94.4 Å². The highest BCUT2D eigenvalue weighted by molar-refractivity contribution is 5.79. The van der Waals surface area contributed by atoms with Crippen LogP contribution in [0, 0.1) is 10.1 Å². The van der Waals surface area contributed by atoms with E-state index in [9.17, 15) is 14.9 Å². The zero-order chi connectivity index (χ0) is 12.3. The first kappa shape index (κ1) is 12.4. The van der Waals surface area contributed by atoms with Crippen LogP contribution in [0.2, 0.25) is 0 Å². The average molecular weight is 221 g/mol. The molecule has 0 aromatic heterocycles. The van der Waals surface area contributed by atoms with Crippen LogP contribution in [0.15, 0.2) is 18.2 Å². The van der Waals surface area contributed by atoms with Crippen molar-refractivity contribution in [2.24, 2.45) is 0 Å². The smallest absolute Gasteiger partial charge is 0.273 e. The molecule has 0 radical (unpaired) electrons. The van der Waals surface area contributed by atoms with Crippen molar-refractivity contribution in [3.8, 4) is 0 Å². The minimum atomic E-state index is -0.426. The van der Waals surface area contributed by atoms with Crippen LogP contribution >= 0.6 is 0 Å². The number of Topliss-reactive ketones (excluding diaryl/α,β-unsaturated/α-hetero) is 1. The van der Waals surface area contributed by atoms with Gasteiger partial charge in [0.1, 0.15) is 5.78 Å². The van der Waals surface area contributed by atoms with Crippen LogP contribution in [0.3, 0.4) is 0 Å². The Morgan fingerprint density at radius 3 is 2.50 bits per heavy atom. The van der Waals surface area contributed by atoms with E-state index in [-0.39, 0.29) is 23.8 Å². The Kier molecular flexibility index (Phi) is 3.77. The van der Waals surface area contributed by atoms with Gasteiger partial charge in [0.15, 0.2) is 0 Å². The molecule has 0 N–H and O–H groups in total. The van der Waals surface area contributed by atoms with Crippen LogP contribution in [0.1, 0.15) is 37.8 Å². The third kappa shape index (κ3) is 2.89. The van der Waals surface area contributed by atoms with E-state index >= 15 is 0 Å². The van der Waals surface area contributed by atoms with Crippen LogP contribution in [-0.2, 0) is 11.2 Å². The number of carbonyl (C=O) groups excluding carboxylic acids is 1. The molecule has 1 aromatic rings. The number of rotatable bonds is 4. The Bertz CT molecular complexity index is 424. The van der Waals surface area contributed by atoms with E-state index in [1.807, 2.05) is 19.9 Å². The third-order valence-corrected chi connectivity index (χ3v) is 2.41. The van der Waals surface area contributed by atoms with Crippen molar-refractivity contribution in [2.45, 2.75) is 33.1 Å². The summed E-state index contributed by atoms with van der Waals surface area (Å²) in [6.45, 7) is 5.38. The fourth-order valence-electron chi connectivity index (χ4n) is 1.53. The topological polar surface area (TPSA) is 60.2 Å². The lowest BCUT2D eigenvalue weighted by molar-refractivity contribution is -0.385. The van der Waals surface area contributed by atoms with Crippen molar-refractivity contribution >= 4 is 11.5 Å². The molecule has 4 heteroatoms. The molecule has 0 heterocycles. The summed E-state index contributed by atoms with van der Waals surface area (Å²) in [5, 5.41) is 10.9. The molecule has 0 atom stereocenters. The zero-order valence-corrected chi connectivity index (χ0v) is 9.69. The van der Waals surface area contributed by atoms with E-state index in [2.05, 4.69) is 0 Å². The van der Waals surface area contributed by atoms with Gasteiger partial charge in [0.25, 0.3) is 5.69 Å². The monoisotopic (exact) mass is 221 g/mol. The molecule has 0 aliphatic rings. The Balaban J connectivity index is 3.19. The number of ketones is 1. The van der Waals surface area contributed by atoms with Crippen molar-refractivity contribution in [1.82, 2.24) is 0 Å². The molecule has 0 spiro atoms. The van der Waals surface area contributed by atoms with E-state index in [0.29, 0.717) is 5.56 Å². The quantitative estimate of drug-likeness (QED) is 0.580. The normalized spacial score (nSPS) is 10.5. The number of benzene rings is 1. The molecule has 4 nitrogen and oxygen atoms in total. The standard InChI is InChI=1S/C12H15NO3/c1-8(2)10-4-5-11(6-9(3)14)12(7-10)13(15)16/h4-5,7-8H,6H2,1-3H3. The van der Waals surface area contributed by atoms with Crippen LogP contribution in [0.25, 0.3) is 0 Å². The number of carbonyl (C=O) groups is 1. The lowest BCUT2D eigenvalue weighted by atomic mass is 9.98. The molecule has 0 fully saturated rings. The summed E-state index contributed by atoms with van der Waals surface area (Å²) < 4.78 is 0. The number of nitro benzene ring substituents is 1. The summed E-state index contributed by atoms with van der Waals surface area (Å²) in [6.07, 6.45) is 0.120. The van der Waals surface area contributed by atoms with Gasteiger partial charge in [-0.3, -0.25) is 14.9 Å². The fourth-order valence-corrected chi connectivity index (χ4v) is 1.53. The summed E-state index contributed by atoms with van der Waals surface area (Å²) in [6, 6.07) is 5.08. The van der Waals surface area contributed by atoms with Crippen LogP contribution in [0.5, 0.6) is 0 Å². The number of nitro groups is 1. The van der Waals surface area contributed by atoms with Crippen molar-refractivity contribution in [3.63, 3.8) is 0 Å². The maximum atomic E-state index is 11.0. The Morgan fingerprint density at radius 1 is 1.44 bits per heavy atom. The van der Waals surface area contributed by atoms with E-state index in [4.69, 9.17) is 0 Å². The SMILES string of the molecule is CC(=O)Cc1ccc(C(C)C)cc1[N+](=O)[O-]. The second kappa shape index (κ2) is 4.88. The molecule has 1 rings (SSSR count). The van der Waals surface area contributed by atoms with Crippen molar-refractivity contribution in [1.29, 1.82) is 0 Å². The molecule has 0 saturated carbocycles. The second-order valence-electron chi connectivity index (χ2n) is 4.18. The molecule has 0 amide bonds. The molecule has 1 aromatic carbocycles. The first-order chi connectivity index (χ1) is 7.41. The van der Waals surface area contributed by atoms with E-state index < -0.39 is 4.92 Å².